The highest BCUT2D eigenvalue weighted by Gasteiger charge is 2.61. The lowest BCUT2D eigenvalue weighted by Gasteiger charge is -2.29. The second-order valence-corrected chi connectivity index (χ2v) is 5.28. The van der Waals surface area contributed by atoms with E-state index in [0.29, 0.717) is 12.5 Å². The third-order valence-corrected chi connectivity index (χ3v) is 3.72. The molecule has 110 valence electrons. The Labute approximate surface area is 110 Å². The van der Waals surface area contributed by atoms with Crippen molar-refractivity contribution >= 4 is 5.91 Å². The Bertz CT molecular complexity index is 323. The molecular weight excluding hydrogens is 261 g/mol. The first-order valence-electron chi connectivity index (χ1n) is 6.59. The molecule has 1 amide bonds. The summed E-state index contributed by atoms with van der Waals surface area (Å²) in [5.74, 6) is -0.337. The van der Waals surface area contributed by atoms with Gasteiger partial charge in [-0.2, -0.15) is 13.2 Å². The molecule has 0 spiro atoms. The van der Waals surface area contributed by atoms with Crippen LogP contribution in [0, 0.1) is 11.3 Å². The molecule has 1 saturated heterocycles. The Hall–Kier alpha value is -0.820. The molecule has 4 nitrogen and oxygen atoms in total. The van der Waals surface area contributed by atoms with E-state index >= 15 is 0 Å². The molecular formula is C12H19F3N2O2. The Kier molecular flexibility index (Phi) is 4.35. The van der Waals surface area contributed by atoms with Crippen LogP contribution in [-0.2, 0) is 9.53 Å². The predicted octanol–water partition coefficient (Wildman–Crippen LogP) is 1.07. The summed E-state index contributed by atoms with van der Waals surface area (Å²) < 4.78 is 44.3. The van der Waals surface area contributed by atoms with E-state index < -0.39 is 17.5 Å². The van der Waals surface area contributed by atoms with Crippen LogP contribution in [0.5, 0.6) is 0 Å². The fourth-order valence-electron chi connectivity index (χ4n) is 2.20. The topological polar surface area (TPSA) is 50.4 Å². The molecule has 2 N–H and O–H groups in total. The molecule has 1 aliphatic carbocycles. The van der Waals surface area contributed by atoms with Gasteiger partial charge in [0.25, 0.3) is 0 Å². The number of amides is 1. The van der Waals surface area contributed by atoms with Gasteiger partial charge >= 0.3 is 6.18 Å². The van der Waals surface area contributed by atoms with E-state index in [1.165, 1.54) is 0 Å². The van der Waals surface area contributed by atoms with Gasteiger partial charge in [-0.3, -0.25) is 4.79 Å². The first-order valence-corrected chi connectivity index (χ1v) is 6.59. The van der Waals surface area contributed by atoms with E-state index in [1.807, 2.05) is 0 Å². The number of carbonyl (C=O) groups excluding carboxylic acids is 1. The molecule has 2 aliphatic rings. The van der Waals surface area contributed by atoms with Crippen LogP contribution in [0.25, 0.3) is 0 Å². The van der Waals surface area contributed by atoms with Gasteiger partial charge in [0.1, 0.15) is 0 Å². The monoisotopic (exact) mass is 280 g/mol. The van der Waals surface area contributed by atoms with Gasteiger partial charge in [0.15, 0.2) is 5.41 Å². The first kappa shape index (κ1) is 14.6. The summed E-state index contributed by atoms with van der Waals surface area (Å²) in [5, 5.41) is 4.96. The maximum absolute atomic E-state index is 13.0. The number of hydrogen-bond donors (Lipinski definition) is 2. The van der Waals surface area contributed by atoms with Crippen LogP contribution in [-0.4, -0.2) is 44.9 Å². The molecule has 2 fully saturated rings. The maximum atomic E-state index is 13.0. The molecule has 1 unspecified atom stereocenters. The Morgan fingerprint density at radius 3 is 2.68 bits per heavy atom. The summed E-state index contributed by atoms with van der Waals surface area (Å²) in [6.45, 7) is 0.908. The highest BCUT2D eigenvalue weighted by molar-refractivity contribution is 5.84. The van der Waals surface area contributed by atoms with Gasteiger partial charge in [0, 0.05) is 19.7 Å². The summed E-state index contributed by atoms with van der Waals surface area (Å²) in [6, 6.07) is 0. The van der Waals surface area contributed by atoms with Crippen molar-refractivity contribution in [3.63, 3.8) is 0 Å². The minimum atomic E-state index is -4.52. The third kappa shape index (κ3) is 3.39. The normalized spacial score (nSPS) is 27.5. The fraction of sp³-hybridized carbons (Fsp3) is 0.917. The summed E-state index contributed by atoms with van der Waals surface area (Å²) in [5.41, 5.74) is -2.27. The molecule has 19 heavy (non-hydrogen) atoms. The Morgan fingerprint density at radius 1 is 1.42 bits per heavy atom. The predicted molar refractivity (Wildman–Crippen MR) is 62.5 cm³/mol. The van der Waals surface area contributed by atoms with Crippen LogP contribution in [0.3, 0.4) is 0 Å². The number of alkyl halides is 3. The molecule has 7 heteroatoms. The van der Waals surface area contributed by atoms with Crippen molar-refractivity contribution < 1.29 is 22.7 Å². The van der Waals surface area contributed by atoms with Gasteiger partial charge in [-0.05, 0) is 31.7 Å². The highest BCUT2D eigenvalue weighted by atomic mass is 19.4. The third-order valence-electron chi connectivity index (χ3n) is 3.72. The molecule has 2 rings (SSSR count). The standard InChI is InChI=1S/C12H19F3N2O2/c13-12(14,15)11(3-4-16-8-11)10(18)17-5-6-19-7-9-1-2-9/h9,16H,1-8H2,(H,17,18). The van der Waals surface area contributed by atoms with Crippen molar-refractivity contribution in [2.75, 3.05) is 32.8 Å². The van der Waals surface area contributed by atoms with Crippen molar-refractivity contribution in [3.8, 4) is 0 Å². The van der Waals surface area contributed by atoms with Crippen molar-refractivity contribution in [3.05, 3.63) is 0 Å². The zero-order chi connectivity index (χ0) is 13.9. The molecule has 0 aromatic heterocycles. The van der Waals surface area contributed by atoms with E-state index in [0.717, 1.165) is 12.8 Å². The number of carbonyl (C=O) groups is 1. The average molecular weight is 280 g/mol. The molecule has 1 atom stereocenters. The van der Waals surface area contributed by atoms with E-state index in [9.17, 15) is 18.0 Å². The molecule has 1 saturated carbocycles. The number of halogens is 3. The fourth-order valence-corrected chi connectivity index (χ4v) is 2.20. The second kappa shape index (κ2) is 5.66. The van der Waals surface area contributed by atoms with E-state index in [4.69, 9.17) is 4.74 Å². The van der Waals surface area contributed by atoms with Crippen molar-refractivity contribution in [1.82, 2.24) is 10.6 Å². The highest BCUT2D eigenvalue weighted by Crippen LogP contribution is 2.43. The van der Waals surface area contributed by atoms with Gasteiger partial charge in [0.05, 0.1) is 6.61 Å². The quantitative estimate of drug-likeness (QED) is 0.716. The second-order valence-electron chi connectivity index (χ2n) is 5.28. The lowest BCUT2D eigenvalue weighted by molar-refractivity contribution is -0.216. The van der Waals surface area contributed by atoms with Crippen LogP contribution in [0.1, 0.15) is 19.3 Å². The van der Waals surface area contributed by atoms with E-state index in [2.05, 4.69) is 10.6 Å². The maximum Gasteiger partial charge on any atom is 0.404 e. The van der Waals surface area contributed by atoms with Crippen molar-refractivity contribution in [2.24, 2.45) is 11.3 Å². The van der Waals surface area contributed by atoms with Crippen LogP contribution in [0.2, 0.25) is 0 Å². The molecule has 0 bridgehead atoms. The van der Waals surface area contributed by atoms with Crippen molar-refractivity contribution in [2.45, 2.75) is 25.4 Å². The van der Waals surface area contributed by atoms with Gasteiger partial charge in [0.2, 0.25) is 5.91 Å². The minimum absolute atomic E-state index is 0.128. The largest absolute Gasteiger partial charge is 0.404 e. The van der Waals surface area contributed by atoms with E-state index in [-0.39, 0.29) is 32.7 Å². The Morgan fingerprint density at radius 2 is 2.16 bits per heavy atom. The first-order chi connectivity index (χ1) is 8.96. The van der Waals surface area contributed by atoms with Gasteiger partial charge in [-0.15, -0.1) is 0 Å². The van der Waals surface area contributed by atoms with Gasteiger partial charge in [-0.25, -0.2) is 0 Å². The number of ether oxygens (including phenoxy) is 1. The van der Waals surface area contributed by atoms with Crippen LogP contribution < -0.4 is 10.6 Å². The number of rotatable bonds is 6. The Balaban J connectivity index is 1.76. The number of nitrogens with one attached hydrogen (secondary N) is 2. The summed E-state index contributed by atoms with van der Waals surface area (Å²) >= 11 is 0. The zero-order valence-electron chi connectivity index (χ0n) is 10.7. The average Bonchev–Trinajstić information content (AvgIpc) is 3.01. The smallest absolute Gasteiger partial charge is 0.379 e. The zero-order valence-corrected chi connectivity index (χ0v) is 10.7. The van der Waals surface area contributed by atoms with Crippen LogP contribution in [0.15, 0.2) is 0 Å². The van der Waals surface area contributed by atoms with Crippen molar-refractivity contribution in [1.29, 1.82) is 0 Å². The summed E-state index contributed by atoms with van der Waals surface area (Å²) in [6.07, 6.45) is -2.40. The van der Waals surface area contributed by atoms with Crippen LogP contribution in [0.4, 0.5) is 13.2 Å². The number of hydrogen-bond acceptors (Lipinski definition) is 3. The molecule has 1 heterocycles. The van der Waals surface area contributed by atoms with Crippen LogP contribution >= 0.6 is 0 Å². The SMILES string of the molecule is O=C(NCCOCC1CC1)C1(C(F)(F)F)CCNC1. The van der Waals surface area contributed by atoms with Gasteiger partial charge < -0.3 is 15.4 Å². The molecule has 1 aliphatic heterocycles. The molecule has 0 aromatic rings. The lowest BCUT2D eigenvalue weighted by Crippen LogP contribution is -2.52. The minimum Gasteiger partial charge on any atom is -0.379 e. The van der Waals surface area contributed by atoms with E-state index in [1.54, 1.807) is 0 Å². The molecule has 0 radical (unpaired) electrons. The lowest BCUT2D eigenvalue weighted by atomic mass is 9.85. The summed E-state index contributed by atoms with van der Waals surface area (Å²) in [4.78, 5) is 11.8. The van der Waals surface area contributed by atoms with Gasteiger partial charge in [-0.1, -0.05) is 0 Å². The summed E-state index contributed by atoms with van der Waals surface area (Å²) in [7, 11) is 0. The molecule has 0 aromatic carbocycles.